The predicted octanol–water partition coefficient (Wildman–Crippen LogP) is 1.19. The summed E-state index contributed by atoms with van der Waals surface area (Å²) < 4.78 is 23.0. The molecule has 1 aliphatic heterocycles. The van der Waals surface area contributed by atoms with E-state index in [-0.39, 0.29) is 12.4 Å². The van der Waals surface area contributed by atoms with Crippen LogP contribution >= 0.6 is 18.0 Å². The van der Waals surface area contributed by atoms with Gasteiger partial charge in [-0.1, -0.05) is 30.3 Å². The number of rotatable bonds is 5. The molecule has 0 saturated carbocycles. The van der Waals surface area contributed by atoms with Crippen LogP contribution in [0.1, 0.15) is 6.23 Å². The van der Waals surface area contributed by atoms with E-state index in [4.69, 9.17) is 26.2 Å². The minimum Gasteiger partial charge on any atom is -0.387 e. The van der Waals surface area contributed by atoms with Gasteiger partial charge in [0.25, 0.3) is 6.72 Å². The Morgan fingerprint density at radius 3 is 2.63 bits per heavy atom. The van der Waals surface area contributed by atoms with E-state index in [1.165, 1.54) is 12.9 Å². The van der Waals surface area contributed by atoms with Crippen molar-refractivity contribution in [3.63, 3.8) is 0 Å². The maximum absolute atomic E-state index is 12.3. The van der Waals surface area contributed by atoms with Gasteiger partial charge in [-0.25, -0.2) is 4.79 Å². The molecule has 0 bridgehead atoms. The fourth-order valence-corrected chi connectivity index (χ4v) is 3.39. The van der Waals surface area contributed by atoms with Crippen molar-refractivity contribution in [2.24, 2.45) is 0 Å². The SMILES string of the molecule is CP(=O)(Cl)OC[C@H]1O[C@@H](n2cc(-c3ccccc3)c(N)nc2=O)C(O)C1O. The highest BCUT2D eigenvalue weighted by molar-refractivity contribution is 7.84. The number of hydrogen-bond acceptors (Lipinski definition) is 8. The Morgan fingerprint density at radius 1 is 1.33 bits per heavy atom. The molecule has 9 nitrogen and oxygen atoms in total. The zero-order chi connectivity index (χ0) is 19.8. The normalized spacial score (nSPS) is 27.4. The number of nitrogens with zero attached hydrogens (tertiary/aromatic N) is 2. The summed E-state index contributed by atoms with van der Waals surface area (Å²) in [6.45, 7) is -2.43. The zero-order valence-electron chi connectivity index (χ0n) is 14.3. The van der Waals surface area contributed by atoms with Gasteiger partial charge in [-0.05, 0) is 16.8 Å². The van der Waals surface area contributed by atoms with Gasteiger partial charge in [0.2, 0.25) is 0 Å². The standard InChI is InChI=1S/C16H19ClN3O6P/c1-27(17,24)25-8-11-12(21)13(22)15(26-11)20-7-10(14(18)19-16(20)23)9-5-3-2-4-6-9/h2-7,11-13,15,21-22H,8H2,1H3,(H2,18,19,23)/t11-,12?,13?,15-,27?/m1/s1. The molecule has 1 fully saturated rings. The Kier molecular flexibility index (Phi) is 5.71. The second-order valence-corrected chi connectivity index (χ2v) is 9.78. The number of hydrogen-bond donors (Lipinski definition) is 3. The van der Waals surface area contributed by atoms with Gasteiger partial charge in [0.15, 0.2) is 6.23 Å². The molecular weight excluding hydrogens is 397 g/mol. The summed E-state index contributed by atoms with van der Waals surface area (Å²) in [4.78, 5) is 16.1. The molecule has 0 amide bonds. The molecular formula is C16H19ClN3O6P. The Balaban J connectivity index is 1.92. The van der Waals surface area contributed by atoms with Crippen molar-refractivity contribution in [2.45, 2.75) is 24.5 Å². The van der Waals surface area contributed by atoms with Crippen LogP contribution in [-0.4, -0.2) is 51.3 Å². The lowest BCUT2D eigenvalue weighted by atomic mass is 10.1. The lowest BCUT2D eigenvalue weighted by Crippen LogP contribution is -2.36. The Hall–Kier alpha value is -1.74. The molecule has 27 heavy (non-hydrogen) atoms. The van der Waals surface area contributed by atoms with Crippen molar-refractivity contribution >= 4 is 23.8 Å². The average Bonchev–Trinajstić information content (AvgIpc) is 2.88. The molecule has 2 heterocycles. The summed E-state index contributed by atoms with van der Waals surface area (Å²) in [5, 5.41) is 20.5. The minimum atomic E-state index is -3.32. The van der Waals surface area contributed by atoms with Crippen LogP contribution in [0.25, 0.3) is 11.1 Å². The fourth-order valence-electron chi connectivity index (χ4n) is 2.81. The number of nitrogen functional groups attached to an aromatic ring is 1. The van der Waals surface area contributed by atoms with E-state index in [9.17, 15) is 19.6 Å². The van der Waals surface area contributed by atoms with E-state index in [2.05, 4.69) is 4.98 Å². The van der Waals surface area contributed by atoms with Crippen LogP contribution in [0.2, 0.25) is 0 Å². The van der Waals surface area contributed by atoms with Gasteiger partial charge in [0.05, 0.1) is 6.61 Å². The lowest BCUT2D eigenvalue weighted by molar-refractivity contribution is -0.0507. The van der Waals surface area contributed by atoms with Crippen molar-refractivity contribution in [3.8, 4) is 11.1 Å². The number of halogens is 1. The summed E-state index contributed by atoms with van der Waals surface area (Å²) in [6, 6.07) is 9.02. The molecule has 0 radical (unpaired) electrons. The molecule has 1 aromatic heterocycles. The second kappa shape index (κ2) is 7.71. The number of nitrogens with two attached hydrogens (primary N) is 1. The topological polar surface area (TPSA) is 137 Å². The molecule has 1 aliphatic rings. The predicted molar refractivity (Wildman–Crippen MR) is 99.6 cm³/mol. The number of anilines is 1. The van der Waals surface area contributed by atoms with Gasteiger partial charge in [0.1, 0.15) is 24.1 Å². The highest BCUT2D eigenvalue weighted by Crippen LogP contribution is 2.48. The second-order valence-electron chi connectivity index (χ2n) is 6.18. The Labute approximate surface area is 159 Å². The summed E-state index contributed by atoms with van der Waals surface area (Å²) in [6.07, 6.45) is -3.64. The first-order valence-corrected chi connectivity index (χ1v) is 11.0. The summed E-state index contributed by atoms with van der Waals surface area (Å²) in [7, 11) is 0. The van der Waals surface area contributed by atoms with Gasteiger partial charge in [0, 0.05) is 18.4 Å². The van der Waals surface area contributed by atoms with E-state index in [1.807, 2.05) is 6.07 Å². The van der Waals surface area contributed by atoms with Crippen molar-refractivity contribution in [1.82, 2.24) is 9.55 Å². The van der Waals surface area contributed by atoms with Crippen molar-refractivity contribution in [3.05, 3.63) is 47.0 Å². The number of aromatic nitrogens is 2. The van der Waals surface area contributed by atoms with Crippen LogP contribution < -0.4 is 11.4 Å². The van der Waals surface area contributed by atoms with Crippen LogP contribution in [-0.2, 0) is 13.8 Å². The molecule has 0 spiro atoms. The van der Waals surface area contributed by atoms with E-state index >= 15 is 0 Å². The molecule has 0 aliphatic carbocycles. The molecule has 146 valence electrons. The van der Waals surface area contributed by atoms with Gasteiger partial charge in [-0.3, -0.25) is 9.13 Å². The van der Waals surface area contributed by atoms with E-state index in [0.717, 1.165) is 10.1 Å². The number of aliphatic hydroxyl groups is 2. The third kappa shape index (κ3) is 4.40. The molecule has 2 aromatic rings. The Morgan fingerprint density at radius 2 is 2.00 bits per heavy atom. The quantitative estimate of drug-likeness (QED) is 0.619. The monoisotopic (exact) mass is 415 g/mol. The highest BCUT2D eigenvalue weighted by atomic mass is 35.7. The van der Waals surface area contributed by atoms with E-state index in [1.54, 1.807) is 24.3 Å². The Bertz CT molecular complexity index is 918. The molecule has 5 atom stereocenters. The number of ether oxygens (including phenoxy) is 1. The van der Waals surface area contributed by atoms with Crippen LogP contribution in [0.3, 0.4) is 0 Å². The zero-order valence-corrected chi connectivity index (χ0v) is 16.0. The van der Waals surface area contributed by atoms with E-state index < -0.39 is 37.0 Å². The molecule has 1 aromatic carbocycles. The van der Waals surface area contributed by atoms with Gasteiger partial charge >= 0.3 is 5.69 Å². The maximum atomic E-state index is 12.3. The fraction of sp³-hybridized carbons (Fsp3) is 0.375. The number of benzene rings is 1. The third-order valence-corrected chi connectivity index (χ3v) is 5.05. The molecule has 3 rings (SSSR count). The average molecular weight is 416 g/mol. The van der Waals surface area contributed by atoms with E-state index in [0.29, 0.717) is 5.56 Å². The molecule has 3 unspecified atom stereocenters. The first-order valence-electron chi connectivity index (χ1n) is 8.05. The van der Waals surface area contributed by atoms with Crippen LogP contribution in [0, 0.1) is 0 Å². The van der Waals surface area contributed by atoms with Crippen molar-refractivity contribution in [1.29, 1.82) is 0 Å². The summed E-state index contributed by atoms with van der Waals surface area (Å²) in [5.41, 5.74) is 6.31. The first kappa shape index (κ1) is 20.0. The summed E-state index contributed by atoms with van der Waals surface area (Å²) in [5.74, 6) is 0.0319. The van der Waals surface area contributed by atoms with Crippen molar-refractivity contribution < 1.29 is 24.0 Å². The minimum absolute atomic E-state index is 0.0319. The van der Waals surface area contributed by atoms with Crippen LogP contribution in [0.4, 0.5) is 5.82 Å². The molecule has 4 N–H and O–H groups in total. The molecule has 11 heteroatoms. The highest BCUT2D eigenvalue weighted by Gasteiger charge is 2.45. The van der Waals surface area contributed by atoms with Gasteiger partial charge < -0.3 is 25.2 Å². The van der Waals surface area contributed by atoms with Crippen LogP contribution in [0.15, 0.2) is 41.3 Å². The molecule has 1 saturated heterocycles. The first-order chi connectivity index (χ1) is 12.7. The maximum Gasteiger partial charge on any atom is 0.351 e. The van der Waals surface area contributed by atoms with Gasteiger partial charge in [-0.2, -0.15) is 4.98 Å². The largest absolute Gasteiger partial charge is 0.387 e. The van der Waals surface area contributed by atoms with Crippen LogP contribution in [0.5, 0.6) is 0 Å². The number of aliphatic hydroxyl groups excluding tert-OH is 2. The smallest absolute Gasteiger partial charge is 0.351 e. The van der Waals surface area contributed by atoms with Gasteiger partial charge in [-0.15, -0.1) is 0 Å². The lowest BCUT2D eigenvalue weighted by Gasteiger charge is -2.19. The summed E-state index contributed by atoms with van der Waals surface area (Å²) >= 11 is 5.53. The van der Waals surface area contributed by atoms with Crippen molar-refractivity contribution in [2.75, 3.05) is 19.0 Å². The third-order valence-electron chi connectivity index (χ3n) is 4.15.